The maximum atomic E-state index is 12.4. The van der Waals surface area contributed by atoms with Gasteiger partial charge in [-0.15, -0.1) is 0 Å². The van der Waals surface area contributed by atoms with Crippen molar-refractivity contribution >= 4 is 22.0 Å². The summed E-state index contributed by atoms with van der Waals surface area (Å²) in [5.41, 5.74) is 2.15. The Hall–Kier alpha value is -1.66. The average Bonchev–Trinajstić information content (AvgIpc) is 2.59. The van der Waals surface area contributed by atoms with Crippen LogP contribution >= 0.6 is 0 Å². The van der Waals surface area contributed by atoms with Crippen LogP contribution in [0.1, 0.15) is 44.2 Å². The number of rotatable bonds is 8. The largest absolute Gasteiger partial charge is 0.343 e. The summed E-state index contributed by atoms with van der Waals surface area (Å²) in [7, 11) is -3.47. The number of amides is 1. The molecule has 0 saturated carbocycles. The van der Waals surface area contributed by atoms with Gasteiger partial charge < -0.3 is 4.90 Å². The number of benzene rings is 1. The normalized spacial score (nSPS) is 14.0. The molecule has 5 nitrogen and oxygen atoms in total. The first-order chi connectivity index (χ1) is 11.5. The van der Waals surface area contributed by atoms with Gasteiger partial charge in [0, 0.05) is 26.1 Å². The quantitative estimate of drug-likeness (QED) is 0.733. The number of aryl methyl sites for hydroxylation is 1. The average molecular weight is 350 g/mol. The van der Waals surface area contributed by atoms with Gasteiger partial charge >= 0.3 is 0 Å². The van der Waals surface area contributed by atoms with Gasteiger partial charge in [-0.1, -0.05) is 24.3 Å². The summed E-state index contributed by atoms with van der Waals surface area (Å²) in [6, 6.07) is 7.85. The van der Waals surface area contributed by atoms with Crippen LogP contribution in [0.5, 0.6) is 0 Å². The Morgan fingerprint density at radius 1 is 1.17 bits per heavy atom. The van der Waals surface area contributed by atoms with Crippen molar-refractivity contribution in [1.29, 1.82) is 0 Å². The molecular formula is C18H26N2O3S. The predicted octanol–water partition coefficient (Wildman–Crippen LogP) is 2.54. The SMILES string of the molecule is CCN(CC)C(=O)CCCNS(=O)(=O)C1=Cc2ccccc2CC1. The highest BCUT2D eigenvalue weighted by Crippen LogP contribution is 2.26. The van der Waals surface area contributed by atoms with E-state index in [2.05, 4.69) is 4.72 Å². The maximum Gasteiger partial charge on any atom is 0.236 e. The second-order valence-corrected chi connectivity index (χ2v) is 7.70. The second kappa shape index (κ2) is 8.44. The van der Waals surface area contributed by atoms with Gasteiger partial charge in [0.1, 0.15) is 0 Å². The number of nitrogens with zero attached hydrogens (tertiary/aromatic N) is 1. The number of hydrogen-bond acceptors (Lipinski definition) is 3. The minimum absolute atomic E-state index is 0.0741. The molecule has 132 valence electrons. The van der Waals surface area contributed by atoms with Gasteiger partial charge in [0.25, 0.3) is 0 Å². The molecule has 0 atom stereocenters. The third-order valence-corrected chi connectivity index (χ3v) is 5.93. The summed E-state index contributed by atoms with van der Waals surface area (Å²) in [5, 5.41) is 0. The first-order valence-corrected chi connectivity index (χ1v) is 10.0. The molecule has 0 fully saturated rings. The minimum atomic E-state index is -3.47. The molecule has 24 heavy (non-hydrogen) atoms. The predicted molar refractivity (Wildman–Crippen MR) is 96.8 cm³/mol. The number of allylic oxidation sites excluding steroid dienone is 1. The highest BCUT2D eigenvalue weighted by atomic mass is 32.2. The molecule has 2 rings (SSSR count). The molecule has 6 heteroatoms. The van der Waals surface area contributed by atoms with Crippen LogP contribution in [0.4, 0.5) is 0 Å². The van der Waals surface area contributed by atoms with E-state index in [1.54, 1.807) is 11.0 Å². The molecule has 0 saturated heterocycles. The summed E-state index contributed by atoms with van der Waals surface area (Å²) in [5.74, 6) is 0.0741. The van der Waals surface area contributed by atoms with Gasteiger partial charge in [-0.05, 0) is 50.3 Å². The first kappa shape index (κ1) is 18.7. The van der Waals surface area contributed by atoms with Crippen molar-refractivity contribution < 1.29 is 13.2 Å². The van der Waals surface area contributed by atoms with E-state index in [0.717, 1.165) is 12.0 Å². The number of fused-ring (bicyclic) bond motifs is 1. The van der Waals surface area contributed by atoms with Crippen LogP contribution in [0, 0.1) is 0 Å². The smallest absolute Gasteiger partial charge is 0.236 e. The molecule has 1 aromatic carbocycles. The fraction of sp³-hybridized carbons (Fsp3) is 0.500. The number of sulfonamides is 1. The molecule has 0 unspecified atom stereocenters. The van der Waals surface area contributed by atoms with E-state index in [1.807, 2.05) is 38.1 Å². The van der Waals surface area contributed by atoms with Gasteiger partial charge in [-0.25, -0.2) is 13.1 Å². The molecule has 1 aliphatic carbocycles. The maximum absolute atomic E-state index is 12.4. The summed E-state index contributed by atoms with van der Waals surface area (Å²) < 4.78 is 27.4. The lowest BCUT2D eigenvalue weighted by Crippen LogP contribution is -2.32. The summed E-state index contributed by atoms with van der Waals surface area (Å²) >= 11 is 0. The molecule has 0 heterocycles. The minimum Gasteiger partial charge on any atom is -0.343 e. The lowest BCUT2D eigenvalue weighted by molar-refractivity contribution is -0.130. The Balaban J connectivity index is 1.89. The van der Waals surface area contributed by atoms with Crippen LogP contribution in [-0.4, -0.2) is 38.9 Å². The van der Waals surface area contributed by atoms with Crippen LogP contribution in [0.2, 0.25) is 0 Å². The van der Waals surface area contributed by atoms with Crippen molar-refractivity contribution in [3.05, 3.63) is 40.3 Å². The molecule has 1 aromatic rings. The Morgan fingerprint density at radius 2 is 1.88 bits per heavy atom. The zero-order valence-electron chi connectivity index (χ0n) is 14.4. The van der Waals surface area contributed by atoms with Gasteiger partial charge in [0.05, 0.1) is 4.91 Å². The molecule has 0 spiro atoms. The van der Waals surface area contributed by atoms with E-state index in [-0.39, 0.29) is 12.5 Å². The van der Waals surface area contributed by atoms with Crippen molar-refractivity contribution in [2.75, 3.05) is 19.6 Å². The second-order valence-electron chi connectivity index (χ2n) is 5.88. The number of carbonyl (C=O) groups is 1. The van der Waals surface area contributed by atoms with E-state index in [4.69, 9.17) is 0 Å². The summed E-state index contributed by atoms with van der Waals surface area (Å²) in [6.45, 7) is 5.55. The third kappa shape index (κ3) is 4.68. The van der Waals surface area contributed by atoms with E-state index < -0.39 is 10.0 Å². The lowest BCUT2D eigenvalue weighted by Gasteiger charge is -2.19. The van der Waals surface area contributed by atoms with Crippen LogP contribution in [-0.2, 0) is 21.2 Å². The van der Waals surface area contributed by atoms with E-state index >= 15 is 0 Å². The van der Waals surface area contributed by atoms with Gasteiger partial charge in [0.15, 0.2) is 0 Å². The molecular weight excluding hydrogens is 324 g/mol. The Morgan fingerprint density at radius 3 is 2.58 bits per heavy atom. The van der Waals surface area contributed by atoms with E-state index in [1.165, 1.54) is 5.56 Å². The van der Waals surface area contributed by atoms with E-state index in [0.29, 0.717) is 37.3 Å². The van der Waals surface area contributed by atoms with Crippen molar-refractivity contribution in [2.24, 2.45) is 0 Å². The fourth-order valence-electron chi connectivity index (χ4n) is 2.89. The van der Waals surface area contributed by atoms with Crippen LogP contribution < -0.4 is 4.72 Å². The highest BCUT2D eigenvalue weighted by Gasteiger charge is 2.21. The van der Waals surface area contributed by atoms with Crippen molar-refractivity contribution in [1.82, 2.24) is 9.62 Å². The number of hydrogen-bond donors (Lipinski definition) is 1. The van der Waals surface area contributed by atoms with Crippen molar-refractivity contribution in [2.45, 2.75) is 39.5 Å². The molecule has 1 amide bonds. The van der Waals surface area contributed by atoms with Gasteiger partial charge in [-0.2, -0.15) is 0 Å². The standard InChI is InChI=1S/C18H26N2O3S/c1-3-20(4-2)18(21)10-7-13-19-24(22,23)17-12-11-15-8-5-6-9-16(15)14-17/h5-6,8-9,14,19H,3-4,7,10-13H2,1-2H3. The molecule has 1 aliphatic rings. The fourth-order valence-corrected chi connectivity index (χ4v) is 4.14. The summed E-state index contributed by atoms with van der Waals surface area (Å²) in [6.07, 6.45) is 3.89. The van der Waals surface area contributed by atoms with Crippen LogP contribution in [0.3, 0.4) is 0 Å². The van der Waals surface area contributed by atoms with Crippen LogP contribution in [0.15, 0.2) is 29.2 Å². The first-order valence-electron chi connectivity index (χ1n) is 8.53. The summed E-state index contributed by atoms with van der Waals surface area (Å²) in [4.78, 5) is 14.1. The van der Waals surface area contributed by atoms with Gasteiger partial charge in [0.2, 0.25) is 15.9 Å². The number of carbonyl (C=O) groups excluding carboxylic acids is 1. The molecule has 0 bridgehead atoms. The zero-order chi connectivity index (χ0) is 17.6. The zero-order valence-corrected chi connectivity index (χ0v) is 15.2. The monoisotopic (exact) mass is 350 g/mol. The van der Waals surface area contributed by atoms with E-state index in [9.17, 15) is 13.2 Å². The molecule has 0 aromatic heterocycles. The third-order valence-electron chi connectivity index (χ3n) is 4.33. The Labute approximate surface area is 144 Å². The van der Waals surface area contributed by atoms with Crippen molar-refractivity contribution in [3.8, 4) is 0 Å². The Bertz CT molecular complexity index is 707. The molecule has 0 radical (unpaired) electrons. The van der Waals surface area contributed by atoms with Gasteiger partial charge in [-0.3, -0.25) is 4.79 Å². The van der Waals surface area contributed by atoms with Crippen LogP contribution in [0.25, 0.3) is 6.08 Å². The Kier molecular flexibility index (Phi) is 6.57. The highest BCUT2D eigenvalue weighted by molar-refractivity contribution is 7.93. The van der Waals surface area contributed by atoms with Crippen molar-refractivity contribution in [3.63, 3.8) is 0 Å². The molecule has 1 N–H and O–H groups in total. The lowest BCUT2D eigenvalue weighted by atomic mass is 9.98. The molecule has 0 aliphatic heterocycles. The number of nitrogens with one attached hydrogen (secondary N) is 1. The topological polar surface area (TPSA) is 66.5 Å².